The van der Waals surface area contributed by atoms with Crippen molar-refractivity contribution < 1.29 is 15.1 Å². The van der Waals surface area contributed by atoms with Crippen LogP contribution in [-0.2, 0) is 4.79 Å². The van der Waals surface area contributed by atoms with Gasteiger partial charge in [0.25, 0.3) is 0 Å². The molecule has 1 saturated heterocycles. The van der Waals surface area contributed by atoms with Gasteiger partial charge in [-0.1, -0.05) is 36.4 Å². The molecule has 0 spiro atoms. The van der Waals surface area contributed by atoms with Crippen LogP contribution in [-0.4, -0.2) is 34.4 Å². The lowest BCUT2D eigenvalue weighted by Gasteiger charge is -2.32. The molecule has 0 saturated carbocycles. The Morgan fingerprint density at radius 2 is 1.77 bits per heavy atom. The van der Waals surface area contributed by atoms with Crippen LogP contribution in [0.25, 0.3) is 0 Å². The van der Waals surface area contributed by atoms with Crippen LogP contribution in [0, 0.1) is 17.7 Å². The summed E-state index contributed by atoms with van der Waals surface area (Å²) in [6.45, 7) is 5.28. The molecule has 35 heavy (non-hydrogen) atoms. The molecule has 1 fully saturated rings. The van der Waals surface area contributed by atoms with E-state index in [4.69, 9.17) is 0 Å². The number of anilines is 1. The summed E-state index contributed by atoms with van der Waals surface area (Å²) >= 11 is 0. The van der Waals surface area contributed by atoms with Crippen LogP contribution in [0.3, 0.4) is 0 Å². The quantitative estimate of drug-likeness (QED) is 0.482. The summed E-state index contributed by atoms with van der Waals surface area (Å²) in [4.78, 5) is 25.4. The number of hydroxylamine groups is 2. The maximum atomic E-state index is 11.9. The van der Waals surface area contributed by atoms with Gasteiger partial charge in [0.1, 0.15) is 0 Å². The highest BCUT2D eigenvalue weighted by molar-refractivity contribution is 5.70. The molecular formula is C28H31N3O4. The summed E-state index contributed by atoms with van der Waals surface area (Å²) in [5.41, 5.74) is 6.17. The Hall–Kier alpha value is -3.71. The van der Waals surface area contributed by atoms with Gasteiger partial charge in [-0.3, -0.25) is 10.0 Å². The lowest BCUT2D eigenvalue weighted by atomic mass is 9.84. The average Bonchev–Trinajstić information content (AvgIpc) is 2.87. The average molecular weight is 474 g/mol. The second-order valence-corrected chi connectivity index (χ2v) is 9.24. The molecule has 7 heteroatoms. The van der Waals surface area contributed by atoms with E-state index in [0.29, 0.717) is 36.2 Å². The zero-order chi connectivity index (χ0) is 24.9. The Kier molecular flexibility index (Phi) is 7.46. The van der Waals surface area contributed by atoms with E-state index in [1.54, 1.807) is 19.1 Å². The molecule has 0 radical (unpaired) electrons. The van der Waals surface area contributed by atoms with E-state index in [1.165, 1.54) is 6.20 Å². The van der Waals surface area contributed by atoms with E-state index in [0.717, 1.165) is 40.5 Å². The summed E-state index contributed by atoms with van der Waals surface area (Å²) < 4.78 is 0. The zero-order valence-corrected chi connectivity index (χ0v) is 20.1. The van der Waals surface area contributed by atoms with Crippen LogP contribution in [0.5, 0.6) is 0 Å². The maximum absolute atomic E-state index is 11.9. The molecule has 182 valence electrons. The first kappa shape index (κ1) is 24.4. The van der Waals surface area contributed by atoms with Crippen LogP contribution >= 0.6 is 0 Å². The number of carbonyl (C=O) groups is 1. The number of hydrogen-bond acceptors (Lipinski definition) is 6. The predicted octanol–water partition coefficient (Wildman–Crippen LogP) is 5.96. The van der Waals surface area contributed by atoms with Crippen molar-refractivity contribution in [1.29, 1.82) is 0 Å². The SMILES string of the molecule is CC1=CC(=C(C[C@H](c2ccc(N3CCC(C(=O)O)CC3)cc2)c2ccccc2C)N=O)C=CN1O. The number of nitroso groups, excluding NO2 is 1. The van der Waals surface area contributed by atoms with Gasteiger partial charge in [0, 0.05) is 48.6 Å². The van der Waals surface area contributed by atoms with Gasteiger partial charge in [-0.15, -0.1) is 4.91 Å². The summed E-state index contributed by atoms with van der Waals surface area (Å²) in [5.74, 6) is -1.04. The Labute approximate surface area is 205 Å². The van der Waals surface area contributed by atoms with E-state index in [9.17, 15) is 20.0 Å². The van der Waals surface area contributed by atoms with Crippen molar-refractivity contribution in [2.24, 2.45) is 11.1 Å². The minimum absolute atomic E-state index is 0.0718. The monoisotopic (exact) mass is 473 g/mol. The van der Waals surface area contributed by atoms with Crippen LogP contribution in [0.15, 0.2) is 89.0 Å². The standard InChI is InChI=1S/C28H31N3O4/c1-19-5-3-4-6-25(19)26(18-27(29-34)23-13-16-31(35)20(2)17-23)21-7-9-24(10-8-21)30-14-11-22(12-15-30)28(32)33/h3-10,13,16-17,22,26,35H,11-12,14-15,18H2,1-2H3,(H,32,33)/t26-/m1/s1. The number of allylic oxidation sites excluding steroid dienone is 5. The molecule has 0 bridgehead atoms. The molecule has 1 atom stereocenters. The molecule has 2 aliphatic heterocycles. The lowest BCUT2D eigenvalue weighted by Crippen LogP contribution is -2.36. The number of rotatable bonds is 7. The molecule has 4 rings (SSSR count). The molecule has 2 aromatic carbocycles. The predicted molar refractivity (Wildman–Crippen MR) is 136 cm³/mol. The van der Waals surface area contributed by atoms with Gasteiger partial charge in [-0.05, 0) is 72.8 Å². The number of carboxylic acid groups (broad SMARTS) is 1. The second kappa shape index (κ2) is 10.7. The van der Waals surface area contributed by atoms with Gasteiger partial charge in [-0.2, -0.15) is 0 Å². The second-order valence-electron chi connectivity index (χ2n) is 9.24. The Morgan fingerprint density at radius 1 is 1.09 bits per heavy atom. The van der Waals surface area contributed by atoms with Crippen LogP contribution in [0.4, 0.5) is 5.69 Å². The van der Waals surface area contributed by atoms with Crippen molar-refractivity contribution in [3.8, 4) is 0 Å². The number of aliphatic carboxylic acids is 1. The van der Waals surface area contributed by atoms with Gasteiger partial charge in [0.2, 0.25) is 0 Å². The maximum Gasteiger partial charge on any atom is 0.306 e. The highest BCUT2D eigenvalue weighted by Gasteiger charge is 2.25. The first-order valence-electron chi connectivity index (χ1n) is 11.9. The van der Waals surface area contributed by atoms with Gasteiger partial charge >= 0.3 is 5.97 Å². The molecule has 2 aromatic rings. The minimum Gasteiger partial charge on any atom is -0.481 e. The largest absolute Gasteiger partial charge is 0.481 e. The third-order valence-electron chi connectivity index (χ3n) is 7.03. The summed E-state index contributed by atoms with van der Waals surface area (Å²) in [6, 6.07) is 16.5. The van der Waals surface area contributed by atoms with Crippen LogP contribution in [0.1, 0.15) is 48.8 Å². The summed E-state index contributed by atoms with van der Waals surface area (Å²) in [5, 5.41) is 23.5. The van der Waals surface area contributed by atoms with Crippen molar-refractivity contribution in [3.05, 3.63) is 105 Å². The van der Waals surface area contributed by atoms with Crippen molar-refractivity contribution in [3.63, 3.8) is 0 Å². The number of nitrogens with zero attached hydrogens (tertiary/aromatic N) is 3. The molecular weight excluding hydrogens is 442 g/mol. The first-order valence-corrected chi connectivity index (χ1v) is 11.9. The fourth-order valence-corrected chi connectivity index (χ4v) is 4.88. The van der Waals surface area contributed by atoms with Gasteiger partial charge in [-0.25, -0.2) is 5.06 Å². The molecule has 2 heterocycles. The molecule has 2 N–H and O–H groups in total. The van der Waals surface area contributed by atoms with Crippen molar-refractivity contribution in [1.82, 2.24) is 5.06 Å². The van der Waals surface area contributed by atoms with Gasteiger partial charge < -0.3 is 10.0 Å². The molecule has 0 amide bonds. The molecule has 0 aromatic heterocycles. The number of benzene rings is 2. The Balaban J connectivity index is 1.63. The highest BCUT2D eigenvalue weighted by Crippen LogP contribution is 2.36. The van der Waals surface area contributed by atoms with Crippen molar-refractivity contribution in [2.45, 2.75) is 39.0 Å². The smallest absolute Gasteiger partial charge is 0.306 e. The van der Waals surface area contributed by atoms with E-state index in [2.05, 4.69) is 53.4 Å². The van der Waals surface area contributed by atoms with Gasteiger partial charge in [0.05, 0.1) is 11.6 Å². The third kappa shape index (κ3) is 5.52. The van der Waals surface area contributed by atoms with Crippen molar-refractivity contribution >= 4 is 11.7 Å². The first-order chi connectivity index (χ1) is 16.9. The number of carboxylic acids is 1. The Bertz CT molecular complexity index is 1170. The van der Waals surface area contributed by atoms with Gasteiger partial charge in [0.15, 0.2) is 0 Å². The fourth-order valence-electron chi connectivity index (χ4n) is 4.88. The lowest BCUT2D eigenvalue weighted by molar-refractivity contribution is -0.142. The molecule has 0 unspecified atom stereocenters. The summed E-state index contributed by atoms with van der Waals surface area (Å²) in [6.07, 6.45) is 6.69. The number of piperidine rings is 1. The van der Waals surface area contributed by atoms with E-state index < -0.39 is 5.97 Å². The topological polar surface area (TPSA) is 93.4 Å². The van der Waals surface area contributed by atoms with Crippen LogP contribution in [0.2, 0.25) is 0 Å². The minimum atomic E-state index is -0.709. The number of hydrogen-bond donors (Lipinski definition) is 2. The fraction of sp³-hybridized carbons (Fsp3) is 0.321. The summed E-state index contributed by atoms with van der Waals surface area (Å²) in [7, 11) is 0. The van der Waals surface area contributed by atoms with E-state index >= 15 is 0 Å². The number of aryl methyl sites for hydroxylation is 1. The highest BCUT2D eigenvalue weighted by atomic mass is 16.5. The molecule has 7 nitrogen and oxygen atoms in total. The zero-order valence-electron chi connectivity index (χ0n) is 20.1. The van der Waals surface area contributed by atoms with Crippen LogP contribution < -0.4 is 4.90 Å². The normalized spacial score (nSPS) is 18.8. The molecule has 2 aliphatic rings. The van der Waals surface area contributed by atoms with E-state index in [1.807, 2.05) is 12.1 Å². The third-order valence-corrected chi connectivity index (χ3v) is 7.03. The Morgan fingerprint density at radius 3 is 2.37 bits per heavy atom. The van der Waals surface area contributed by atoms with E-state index in [-0.39, 0.29) is 11.8 Å². The molecule has 0 aliphatic carbocycles. The van der Waals surface area contributed by atoms with Crippen molar-refractivity contribution in [2.75, 3.05) is 18.0 Å².